The van der Waals surface area contributed by atoms with Crippen LogP contribution in [0.15, 0.2) is 73.1 Å². The number of hydrogen-bond acceptors (Lipinski definition) is 5. The van der Waals surface area contributed by atoms with Crippen LogP contribution in [0.5, 0.6) is 5.75 Å². The van der Waals surface area contributed by atoms with E-state index in [-0.39, 0.29) is 0 Å². The van der Waals surface area contributed by atoms with Crippen LogP contribution >= 0.6 is 0 Å². The molecular weight excluding hydrogens is 360 g/mol. The Hall–Kier alpha value is -3.47. The van der Waals surface area contributed by atoms with Gasteiger partial charge in [0, 0.05) is 35.9 Å². The smallest absolute Gasteiger partial charge is 0.162 e. The van der Waals surface area contributed by atoms with Crippen LogP contribution in [0, 0.1) is 0 Å². The molecule has 2 aromatic heterocycles. The Kier molecular flexibility index (Phi) is 4.56. The van der Waals surface area contributed by atoms with Crippen molar-refractivity contribution in [1.82, 2.24) is 15.0 Å². The lowest BCUT2D eigenvalue weighted by molar-refractivity contribution is 0.414. The quantitative estimate of drug-likeness (QED) is 0.476. The molecule has 2 aromatic carbocycles. The lowest BCUT2D eigenvalue weighted by Gasteiger charge is -2.25. The van der Waals surface area contributed by atoms with Crippen molar-refractivity contribution in [1.29, 1.82) is 0 Å². The summed E-state index contributed by atoms with van der Waals surface area (Å²) in [5.74, 6) is 2.61. The zero-order valence-electron chi connectivity index (χ0n) is 16.3. The Labute approximate surface area is 170 Å². The molecular formula is C24H22N4O. The largest absolute Gasteiger partial charge is 0.497 e. The zero-order chi connectivity index (χ0) is 19.6. The molecule has 5 nitrogen and oxygen atoms in total. The highest BCUT2D eigenvalue weighted by molar-refractivity contribution is 5.91. The maximum absolute atomic E-state index is 5.30. The summed E-state index contributed by atoms with van der Waals surface area (Å²) in [6.07, 6.45) is 5.95. The number of methoxy groups -OCH3 is 1. The molecule has 0 saturated heterocycles. The number of nitrogens with zero attached hydrogens (tertiary/aromatic N) is 4. The van der Waals surface area contributed by atoms with Crippen LogP contribution in [0.4, 0.5) is 5.82 Å². The molecule has 29 heavy (non-hydrogen) atoms. The van der Waals surface area contributed by atoms with Crippen molar-refractivity contribution in [3.05, 3.63) is 78.6 Å². The molecule has 0 atom stereocenters. The predicted molar refractivity (Wildman–Crippen MR) is 115 cm³/mol. The minimum absolute atomic E-state index is 0.515. The molecule has 1 aliphatic carbocycles. The monoisotopic (exact) mass is 382 g/mol. The minimum atomic E-state index is 0.515. The molecule has 0 spiro atoms. The SMILES string of the molecule is COc1ccc(CN(c2nc(-c3ccncc3)nc3ccccc23)C2CC2)cc1. The molecule has 4 aromatic rings. The third-order valence-corrected chi connectivity index (χ3v) is 5.29. The molecule has 5 heteroatoms. The van der Waals surface area contributed by atoms with Crippen molar-refractivity contribution in [2.75, 3.05) is 12.0 Å². The van der Waals surface area contributed by atoms with Crippen LogP contribution in [-0.4, -0.2) is 28.1 Å². The van der Waals surface area contributed by atoms with E-state index in [1.54, 1.807) is 19.5 Å². The molecule has 0 bridgehead atoms. The molecule has 5 rings (SSSR count). The van der Waals surface area contributed by atoms with Crippen molar-refractivity contribution in [3.63, 3.8) is 0 Å². The third kappa shape index (κ3) is 3.63. The van der Waals surface area contributed by atoms with E-state index < -0.39 is 0 Å². The van der Waals surface area contributed by atoms with Gasteiger partial charge in [0.15, 0.2) is 5.82 Å². The molecule has 1 aliphatic rings. The molecule has 1 fully saturated rings. The van der Waals surface area contributed by atoms with Crippen molar-refractivity contribution < 1.29 is 4.74 Å². The molecule has 144 valence electrons. The van der Waals surface area contributed by atoms with E-state index in [0.29, 0.717) is 6.04 Å². The number of aromatic nitrogens is 3. The first kappa shape index (κ1) is 17.6. The number of hydrogen-bond donors (Lipinski definition) is 0. The van der Waals surface area contributed by atoms with Gasteiger partial charge in [-0.25, -0.2) is 9.97 Å². The van der Waals surface area contributed by atoms with Crippen molar-refractivity contribution in [3.8, 4) is 17.1 Å². The maximum atomic E-state index is 5.30. The number of pyridine rings is 1. The third-order valence-electron chi connectivity index (χ3n) is 5.29. The summed E-state index contributed by atoms with van der Waals surface area (Å²) in [4.78, 5) is 16.4. The number of benzene rings is 2. The highest BCUT2D eigenvalue weighted by Crippen LogP contribution is 2.36. The van der Waals surface area contributed by atoms with Gasteiger partial charge in [0.05, 0.1) is 12.6 Å². The predicted octanol–water partition coefficient (Wildman–Crippen LogP) is 4.87. The first-order chi connectivity index (χ1) is 14.3. The normalized spacial score (nSPS) is 13.4. The second-order valence-corrected chi connectivity index (χ2v) is 7.33. The highest BCUT2D eigenvalue weighted by atomic mass is 16.5. The molecule has 0 unspecified atom stereocenters. The van der Waals surface area contributed by atoms with Crippen LogP contribution < -0.4 is 9.64 Å². The van der Waals surface area contributed by atoms with E-state index in [9.17, 15) is 0 Å². The van der Waals surface area contributed by atoms with E-state index >= 15 is 0 Å². The van der Waals surface area contributed by atoms with Crippen LogP contribution in [0.2, 0.25) is 0 Å². The fourth-order valence-electron chi connectivity index (χ4n) is 3.60. The van der Waals surface area contributed by atoms with Gasteiger partial charge in [-0.05, 0) is 54.8 Å². The van der Waals surface area contributed by atoms with Crippen LogP contribution in [0.3, 0.4) is 0 Å². The lowest BCUT2D eigenvalue weighted by atomic mass is 10.1. The Morgan fingerprint density at radius 2 is 1.69 bits per heavy atom. The summed E-state index contributed by atoms with van der Waals surface area (Å²) < 4.78 is 5.30. The van der Waals surface area contributed by atoms with Gasteiger partial charge in [-0.1, -0.05) is 24.3 Å². The van der Waals surface area contributed by atoms with Gasteiger partial charge in [0.1, 0.15) is 11.6 Å². The van der Waals surface area contributed by atoms with Gasteiger partial charge in [0.25, 0.3) is 0 Å². The van der Waals surface area contributed by atoms with E-state index in [1.165, 1.54) is 18.4 Å². The summed E-state index contributed by atoms with van der Waals surface area (Å²) in [5.41, 5.74) is 3.18. The summed E-state index contributed by atoms with van der Waals surface area (Å²) in [5, 5.41) is 1.09. The summed E-state index contributed by atoms with van der Waals surface area (Å²) >= 11 is 0. The number of anilines is 1. The Balaban J connectivity index is 1.60. The summed E-state index contributed by atoms with van der Waals surface area (Å²) in [6, 6.07) is 21.0. The lowest BCUT2D eigenvalue weighted by Crippen LogP contribution is -2.26. The average Bonchev–Trinajstić information content (AvgIpc) is 3.63. The van der Waals surface area contributed by atoms with Crippen LogP contribution in [0.25, 0.3) is 22.3 Å². The molecule has 0 amide bonds. The molecule has 1 saturated carbocycles. The molecule has 2 heterocycles. The zero-order valence-corrected chi connectivity index (χ0v) is 16.3. The molecule has 0 radical (unpaired) electrons. The summed E-state index contributed by atoms with van der Waals surface area (Å²) in [6.45, 7) is 0.811. The fourth-order valence-corrected chi connectivity index (χ4v) is 3.60. The highest BCUT2D eigenvalue weighted by Gasteiger charge is 2.31. The van der Waals surface area contributed by atoms with E-state index in [1.807, 2.05) is 30.3 Å². The van der Waals surface area contributed by atoms with Crippen LogP contribution in [-0.2, 0) is 6.54 Å². The minimum Gasteiger partial charge on any atom is -0.497 e. The standard InChI is InChI=1S/C24H22N4O/c1-29-20-10-6-17(7-11-20)16-28(19-8-9-19)24-21-4-2-3-5-22(21)26-23(27-24)18-12-14-25-15-13-18/h2-7,10-15,19H,8-9,16H2,1H3. The van der Waals surface area contributed by atoms with Gasteiger partial charge in [0.2, 0.25) is 0 Å². The van der Waals surface area contributed by atoms with Gasteiger partial charge >= 0.3 is 0 Å². The number of para-hydroxylation sites is 1. The second kappa shape index (κ2) is 7.51. The first-order valence-electron chi connectivity index (χ1n) is 9.88. The number of rotatable bonds is 6. The second-order valence-electron chi connectivity index (χ2n) is 7.33. The molecule has 0 aliphatic heterocycles. The molecule has 0 N–H and O–H groups in total. The number of ether oxygens (including phenoxy) is 1. The van der Waals surface area contributed by atoms with Gasteiger partial charge in [-0.3, -0.25) is 4.98 Å². The Bertz CT molecular complexity index is 1120. The number of fused-ring (bicyclic) bond motifs is 1. The Morgan fingerprint density at radius 1 is 0.931 bits per heavy atom. The Morgan fingerprint density at radius 3 is 2.41 bits per heavy atom. The van der Waals surface area contributed by atoms with Crippen molar-refractivity contribution in [2.24, 2.45) is 0 Å². The fraction of sp³-hybridized carbons (Fsp3) is 0.208. The van der Waals surface area contributed by atoms with E-state index in [2.05, 4.69) is 40.2 Å². The van der Waals surface area contributed by atoms with Crippen LogP contribution in [0.1, 0.15) is 18.4 Å². The average molecular weight is 382 g/mol. The first-order valence-corrected chi connectivity index (χ1v) is 9.88. The van der Waals surface area contributed by atoms with Gasteiger partial charge < -0.3 is 9.64 Å². The van der Waals surface area contributed by atoms with Crippen molar-refractivity contribution >= 4 is 16.7 Å². The topological polar surface area (TPSA) is 51.1 Å². The van der Waals surface area contributed by atoms with E-state index in [0.717, 1.165) is 40.4 Å². The van der Waals surface area contributed by atoms with Gasteiger partial charge in [-0.2, -0.15) is 0 Å². The van der Waals surface area contributed by atoms with E-state index in [4.69, 9.17) is 14.7 Å². The van der Waals surface area contributed by atoms with Crippen molar-refractivity contribution in [2.45, 2.75) is 25.4 Å². The summed E-state index contributed by atoms with van der Waals surface area (Å²) in [7, 11) is 1.69. The maximum Gasteiger partial charge on any atom is 0.162 e. The van der Waals surface area contributed by atoms with Gasteiger partial charge in [-0.15, -0.1) is 0 Å².